The van der Waals surface area contributed by atoms with Crippen molar-refractivity contribution in [2.75, 3.05) is 6.54 Å². The number of Topliss-reactive ketones (excluding diaryl/α,β-unsaturated/α-hetero) is 1. The van der Waals surface area contributed by atoms with Gasteiger partial charge in [-0.2, -0.15) is 0 Å². The lowest BCUT2D eigenvalue weighted by Gasteiger charge is -2.00. The van der Waals surface area contributed by atoms with Gasteiger partial charge in [0.15, 0.2) is 5.78 Å². The van der Waals surface area contributed by atoms with Gasteiger partial charge in [0.25, 0.3) is 5.91 Å². The number of carbonyl (C=O) groups is 2. The Morgan fingerprint density at radius 2 is 2.24 bits per heavy atom. The molecule has 0 radical (unpaired) electrons. The van der Waals surface area contributed by atoms with E-state index in [4.69, 9.17) is 6.42 Å². The van der Waals surface area contributed by atoms with Crippen molar-refractivity contribution in [2.24, 2.45) is 5.92 Å². The van der Waals surface area contributed by atoms with Crippen LogP contribution in [0.15, 0.2) is 12.3 Å². The third-order valence-corrected chi connectivity index (χ3v) is 2.19. The topological polar surface area (TPSA) is 62.0 Å². The number of ketones is 1. The number of aromatic amines is 1. The first-order valence-electron chi connectivity index (χ1n) is 5.48. The van der Waals surface area contributed by atoms with Crippen LogP contribution in [-0.2, 0) is 0 Å². The predicted octanol–water partition coefficient (Wildman–Crippen LogP) is 1.61. The van der Waals surface area contributed by atoms with Crippen molar-refractivity contribution in [3.05, 3.63) is 23.5 Å². The quantitative estimate of drug-likeness (QED) is 0.598. The van der Waals surface area contributed by atoms with Crippen LogP contribution >= 0.6 is 0 Å². The Morgan fingerprint density at radius 1 is 1.53 bits per heavy atom. The third-order valence-electron chi connectivity index (χ3n) is 2.19. The van der Waals surface area contributed by atoms with E-state index in [0.717, 1.165) is 0 Å². The van der Waals surface area contributed by atoms with Gasteiger partial charge in [0.05, 0.1) is 6.54 Å². The van der Waals surface area contributed by atoms with Crippen LogP contribution in [0.25, 0.3) is 0 Å². The first kappa shape index (κ1) is 13.0. The van der Waals surface area contributed by atoms with Gasteiger partial charge < -0.3 is 10.3 Å². The Labute approximate surface area is 101 Å². The van der Waals surface area contributed by atoms with E-state index in [9.17, 15) is 9.59 Å². The molecule has 1 rings (SSSR count). The Bertz CT molecular complexity index is 452. The highest BCUT2D eigenvalue weighted by atomic mass is 16.2. The molecule has 0 atom stereocenters. The number of rotatable bonds is 5. The van der Waals surface area contributed by atoms with E-state index >= 15 is 0 Å². The van der Waals surface area contributed by atoms with Gasteiger partial charge in [0.1, 0.15) is 5.69 Å². The molecule has 0 unspecified atom stereocenters. The summed E-state index contributed by atoms with van der Waals surface area (Å²) in [5.74, 6) is 2.35. The Kier molecular flexibility index (Phi) is 4.53. The van der Waals surface area contributed by atoms with E-state index in [1.807, 2.05) is 13.8 Å². The van der Waals surface area contributed by atoms with Crippen molar-refractivity contribution in [1.29, 1.82) is 0 Å². The molecule has 1 heterocycles. The zero-order valence-corrected chi connectivity index (χ0v) is 10.0. The van der Waals surface area contributed by atoms with E-state index in [-0.39, 0.29) is 18.2 Å². The molecule has 0 bridgehead atoms. The average molecular weight is 232 g/mol. The molecule has 0 saturated carbocycles. The summed E-state index contributed by atoms with van der Waals surface area (Å²) in [5.41, 5.74) is 0.886. The van der Waals surface area contributed by atoms with Crippen molar-refractivity contribution in [3.8, 4) is 12.3 Å². The van der Waals surface area contributed by atoms with Gasteiger partial charge in [-0.15, -0.1) is 6.42 Å². The molecule has 0 saturated heterocycles. The molecular weight excluding hydrogens is 216 g/mol. The van der Waals surface area contributed by atoms with Gasteiger partial charge in [0, 0.05) is 18.2 Å². The largest absolute Gasteiger partial charge is 0.356 e. The summed E-state index contributed by atoms with van der Waals surface area (Å²) in [6.07, 6.45) is 7.06. The normalized spacial score (nSPS) is 10.0. The molecule has 90 valence electrons. The molecule has 17 heavy (non-hydrogen) atoms. The number of aromatic nitrogens is 1. The Balaban J connectivity index is 2.68. The highest BCUT2D eigenvalue weighted by Crippen LogP contribution is 2.10. The van der Waals surface area contributed by atoms with Crippen LogP contribution in [0, 0.1) is 18.3 Å². The van der Waals surface area contributed by atoms with Crippen LogP contribution in [0.1, 0.15) is 41.1 Å². The summed E-state index contributed by atoms with van der Waals surface area (Å²) in [6.45, 7) is 4.13. The van der Waals surface area contributed by atoms with Crippen molar-refractivity contribution in [3.63, 3.8) is 0 Å². The molecular formula is C13H16N2O2. The minimum Gasteiger partial charge on any atom is -0.356 e. The second-order valence-corrected chi connectivity index (χ2v) is 4.21. The summed E-state index contributed by atoms with van der Waals surface area (Å²) in [4.78, 5) is 26.0. The lowest BCUT2D eigenvalue weighted by atomic mass is 10.0. The summed E-state index contributed by atoms with van der Waals surface area (Å²) >= 11 is 0. The fourth-order valence-electron chi connectivity index (χ4n) is 1.40. The standard InChI is InChI=1S/C13H16N2O2/c1-4-5-14-13(17)11-7-10(8-15-11)12(16)6-9(2)3/h1,7-9,15H,5-6H2,2-3H3,(H,14,17). The number of terminal acetylenes is 1. The van der Waals surface area contributed by atoms with Gasteiger partial charge in [-0.3, -0.25) is 9.59 Å². The molecule has 1 amide bonds. The number of nitrogens with one attached hydrogen (secondary N) is 2. The highest BCUT2D eigenvalue weighted by molar-refractivity contribution is 6.00. The Hall–Kier alpha value is -2.02. The fourth-order valence-corrected chi connectivity index (χ4v) is 1.40. The van der Waals surface area contributed by atoms with Gasteiger partial charge >= 0.3 is 0 Å². The predicted molar refractivity (Wildman–Crippen MR) is 65.7 cm³/mol. The van der Waals surface area contributed by atoms with E-state index < -0.39 is 0 Å². The molecule has 0 spiro atoms. The molecule has 1 aromatic heterocycles. The van der Waals surface area contributed by atoms with Crippen LogP contribution in [0.3, 0.4) is 0 Å². The molecule has 0 aliphatic rings. The van der Waals surface area contributed by atoms with E-state index in [1.165, 1.54) is 0 Å². The number of H-pyrrole nitrogens is 1. The molecule has 0 aliphatic carbocycles. The van der Waals surface area contributed by atoms with Gasteiger partial charge in [-0.25, -0.2) is 0 Å². The molecule has 0 aliphatic heterocycles. The summed E-state index contributed by atoms with van der Waals surface area (Å²) < 4.78 is 0. The minimum absolute atomic E-state index is 0.0345. The maximum atomic E-state index is 11.7. The number of hydrogen-bond donors (Lipinski definition) is 2. The van der Waals surface area contributed by atoms with Gasteiger partial charge in [-0.05, 0) is 12.0 Å². The summed E-state index contributed by atoms with van der Waals surface area (Å²) in [7, 11) is 0. The van der Waals surface area contributed by atoms with Crippen LogP contribution in [0.4, 0.5) is 0 Å². The number of hydrogen-bond acceptors (Lipinski definition) is 2. The van der Waals surface area contributed by atoms with E-state index in [0.29, 0.717) is 23.6 Å². The Morgan fingerprint density at radius 3 is 2.82 bits per heavy atom. The second kappa shape index (κ2) is 5.90. The molecule has 0 fully saturated rings. The zero-order chi connectivity index (χ0) is 12.8. The first-order valence-corrected chi connectivity index (χ1v) is 5.48. The maximum Gasteiger partial charge on any atom is 0.268 e. The van der Waals surface area contributed by atoms with Crippen molar-refractivity contribution < 1.29 is 9.59 Å². The van der Waals surface area contributed by atoms with Gasteiger partial charge in [-0.1, -0.05) is 19.8 Å². The maximum absolute atomic E-state index is 11.7. The molecule has 4 nitrogen and oxygen atoms in total. The SMILES string of the molecule is C#CCNC(=O)c1cc(C(=O)CC(C)C)c[nH]1. The van der Waals surface area contributed by atoms with Crippen molar-refractivity contribution in [1.82, 2.24) is 10.3 Å². The fraction of sp³-hybridized carbons (Fsp3) is 0.385. The van der Waals surface area contributed by atoms with Crippen LogP contribution in [0.5, 0.6) is 0 Å². The molecule has 4 heteroatoms. The summed E-state index contributed by atoms with van der Waals surface area (Å²) in [6, 6.07) is 1.55. The molecule has 2 N–H and O–H groups in total. The highest BCUT2D eigenvalue weighted by Gasteiger charge is 2.13. The van der Waals surface area contributed by atoms with E-state index in [2.05, 4.69) is 16.2 Å². The monoisotopic (exact) mass is 232 g/mol. The van der Waals surface area contributed by atoms with Crippen molar-refractivity contribution >= 4 is 11.7 Å². The minimum atomic E-state index is -0.299. The van der Waals surface area contributed by atoms with Crippen LogP contribution < -0.4 is 5.32 Å². The summed E-state index contributed by atoms with van der Waals surface area (Å²) in [5, 5.41) is 2.52. The lowest BCUT2D eigenvalue weighted by Crippen LogP contribution is -2.23. The lowest BCUT2D eigenvalue weighted by molar-refractivity contribution is 0.0953. The van der Waals surface area contributed by atoms with Crippen LogP contribution in [0.2, 0.25) is 0 Å². The third kappa shape index (κ3) is 3.80. The number of amides is 1. The molecule has 1 aromatic rings. The van der Waals surface area contributed by atoms with Crippen molar-refractivity contribution in [2.45, 2.75) is 20.3 Å². The van der Waals surface area contributed by atoms with Crippen LogP contribution in [-0.4, -0.2) is 23.2 Å². The second-order valence-electron chi connectivity index (χ2n) is 4.21. The average Bonchev–Trinajstić information content (AvgIpc) is 2.74. The number of carbonyl (C=O) groups excluding carboxylic acids is 2. The van der Waals surface area contributed by atoms with E-state index in [1.54, 1.807) is 12.3 Å². The van der Waals surface area contributed by atoms with Gasteiger partial charge in [0.2, 0.25) is 0 Å². The molecule has 0 aromatic carbocycles. The smallest absolute Gasteiger partial charge is 0.268 e. The first-order chi connectivity index (χ1) is 8.04. The zero-order valence-electron chi connectivity index (χ0n) is 10.0.